The highest BCUT2D eigenvalue weighted by Crippen LogP contribution is 2.18. The number of para-hydroxylation sites is 1. The number of nitrogens with one attached hydrogen (secondary N) is 1. The Hall–Kier alpha value is -1.81. The number of rotatable bonds is 4. The van der Waals surface area contributed by atoms with Gasteiger partial charge in [0.15, 0.2) is 0 Å². The van der Waals surface area contributed by atoms with Gasteiger partial charge in [0.05, 0.1) is 0 Å². The van der Waals surface area contributed by atoms with Crippen molar-refractivity contribution >= 4 is 16.9 Å². The molecule has 0 saturated carbocycles. The van der Waals surface area contributed by atoms with Gasteiger partial charge in [-0.2, -0.15) is 0 Å². The molecule has 0 unspecified atom stereocenters. The van der Waals surface area contributed by atoms with E-state index in [2.05, 4.69) is 5.32 Å². The second-order valence-corrected chi connectivity index (χ2v) is 3.51. The molecule has 4 heteroatoms. The highest BCUT2D eigenvalue weighted by molar-refractivity contribution is 5.78. The molecule has 0 aliphatic carbocycles. The third kappa shape index (κ3) is 2.41. The Labute approximate surface area is 92.9 Å². The first-order valence-corrected chi connectivity index (χ1v) is 5.14. The van der Waals surface area contributed by atoms with Gasteiger partial charge >= 0.3 is 0 Å². The maximum atomic E-state index is 10.8. The predicted molar refractivity (Wildman–Crippen MR) is 60.0 cm³/mol. The number of hydrogen-bond donors (Lipinski definition) is 2. The van der Waals surface area contributed by atoms with Crippen LogP contribution < -0.4 is 5.32 Å². The van der Waals surface area contributed by atoms with Crippen LogP contribution in [0.5, 0.6) is 0 Å². The smallest absolute Gasteiger partial charge is 0.245 e. The second kappa shape index (κ2) is 4.81. The minimum Gasteiger partial charge on any atom is -0.461 e. The van der Waals surface area contributed by atoms with E-state index in [0.717, 1.165) is 16.7 Å². The van der Waals surface area contributed by atoms with Crippen molar-refractivity contribution < 1.29 is 14.3 Å². The summed E-state index contributed by atoms with van der Waals surface area (Å²) in [6.07, 6.45) is 0.625. The lowest BCUT2D eigenvalue weighted by atomic mass is 10.2. The third-order valence-electron chi connectivity index (χ3n) is 2.31. The first-order chi connectivity index (χ1) is 7.79. The Balaban J connectivity index is 1.97. The summed E-state index contributed by atoms with van der Waals surface area (Å²) < 4.78 is 5.57. The summed E-state index contributed by atoms with van der Waals surface area (Å²) in [5.41, 5.74) is 0.853. The van der Waals surface area contributed by atoms with Crippen LogP contribution in [0.15, 0.2) is 34.7 Å². The van der Waals surface area contributed by atoms with Crippen molar-refractivity contribution in [3.05, 3.63) is 36.1 Å². The van der Waals surface area contributed by atoms with Gasteiger partial charge in [0.25, 0.3) is 0 Å². The molecule has 4 nitrogen and oxygen atoms in total. The zero-order chi connectivity index (χ0) is 11.4. The van der Waals surface area contributed by atoms with Crippen LogP contribution in [-0.2, 0) is 11.2 Å². The molecule has 0 saturated heterocycles. The summed E-state index contributed by atoms with van der Waals surface area (Å²) in [5.74, 6) is 0.468. The van der Waals surface area contributed by atoms with Crippen LogP contribution in [0.3, 0.4) is 0 Å². The van der Waals surface area contributed by atoms with Crippen molar-refractivity contribution in [1.29, 1.82) is 0 Å². The fourth-order valence-electron chi connectivity index (χ4n) is 1.54. The van der Waals surface area contributed by atoms with Crippen LogP contribution in [0.4, 0.5) is 0 Å². The quantitative estimate of drug-likeness (QED) is 0.809. The molecule has 2 rings (SSSR count). The van der Waals surface area contributed by atoms with Crippen molar-refractivity contribution in [2.75, 3.05) is 13.2 Å². The molecular formula is C12H13NO3. The summed E-state index contributed by atoms with van der Waals surface area (Å²) >= 11 is 0. The lowest BCUT2D eigenvalue weighted by molar-refractivity contribution is -0.123. The van der Waals surface area contributed by atoms with Crippen LogP contribution >= 0.6 is 0 Å². The standard InChI is InChI=1S/C12H13NO3/c14-8-12(15)13-6-5-10-7-9-3-1-2-4-11(9)16-10/h1-4,7,14H,5-6,8H2,(H,13,15). The van der Waals surface area contributed by atoms with E-state index in [-0.39, 0.29) is 5.91 Å². The summed E-state index contributed by atoms with van der Waals surface area (Å²) in [7, 11) is 0. The van der Waals surface area contributed by atoms with Gasteiger partial charge in [0.2, 0.25) is 5.91 Å². The average Bonchev–Trinajstić information content (AvgIpc) is 2.71. The van der Waals surface area contributed by atoms with Gasteiger partial charge in [-0.05, 0) is 12.1 Å². The molecule has 2 aromatic rings. The molecule has 0 atom stereocenters. The van der Waals surface area contributed by atoms with Crippen LogP contribution in [0.25, 0.3) is 11.0 Å². The molecule has 1 heterocycles. The van der Waals surface area contributed by atoms with Crippen molar-refractivity contribution in [2.45, 2.75) is 6.42 Å². The minimum atomic E-state index is -0.472. The number of aliphatic hydroxyl groups is 1. The Morgan fingerprint density at radius 1 is 1.38 bits per heavy atom. The predicted octanol–water partition coefficient (Wildman–Crippen LogP) is 1.08. The summed E-state index contributed by atoms with van der Waals surface area (Å²) in [5, 5.41) is 12.1. The van der Waals surface area contributed by atoms with E-state index in [9.17, 15) is 4.79 Å². The molecule has 84 valence electrons. The highest BCUT2D eigenvalue weighted by Gasteiger charge is 2.03. The zero-order valence-corrected chi connectivity index (χ0v) is 8.77. The Morgan fingerprint density at radius 3 is 2.94 bits per heavy atom. The summed E-state index contributed by atoms with van der Waals surface area (Å²) in [4.78, 5) is 10.8. The molecule has 1 aromatic heterocycles. The van der Waals surface area contributed by atoms with Crippen molar-refractivity contribution in [3.63, 3.8) is 0 Å². The number of carbonyl (C=O) groups excluding carboxylic acids is 1. The molecule has 1 amide bonds. The van der Waals surface area contributed by atoms with Gasteiger partial charge in [0.1, 0.15) is 18.0 Å². The topological polar surface area (TPSA) is 62.5 Å². The molecule has 0 aliphatic rings. The van der Waals surface area contributed by atoms with E-state index in [4.69, 9.17) is 9.52 Å². The fourth-order valence-corrected chi connectivity index (χ4v) is 1.54. The fraction of sp³-hybridized carbons (Fsp3) is 0.250. The van der Waals surface area contributed by atoms with Crippen LogP contribution in [0, 0.1) is 0 Å². The van der Waals surface area contributed by atoms with Crippen LogP contribution in [0.1, 0.15) is 5.76 Å². The van der Waals surface area contributed by atoms with E-state index >= 15 is 0 Å². The molecule has 0 fully saturated rings. The average molecular weight is 219 g/mol. The van der Waals surface area contributed by atoms with E-state index in [1.165, 1.54) is 0 Å². The van der Waals surface area contributed by atoms with Gasteiger partial charge < -0.3 is 14.8 Å². The minimum absolute atomic E-state index is 0.365. The summed E-state index contributed by atoms with van der Waals surface area (Å²) in [6.45, 7) is -0.000649. The number of aliphatic hydroxyl groups excluding tert-OH is 1. The SMILES string of the molecule is O=C(CO)NCCc1cc2ccccc2o1. The molecule has 0 aliphatic heterocycles. The molecule has 0 radical (unpaired) electrons. The van der Waals surface area contributed by atoms with Crippen molar-refractivity contribution in [2.24, 2.45) is 0 Å². The van der Waals surface area contributed by atoms with E-state index in [1.807, 2.05) is 30.3 Å². The lowest BCUT2D eigenvalue weighted by Crippen LogP contribution is -2.28. The van der Waals surface area contributed by atoms with Gasteiger partial charge in [-0.15, -0.1) is 0 Å². The Morgan fingerprint density at radius 2 is 2.19 bits per heavy atom. The first-order valence-electron chi connectivity index (χ1n) is 5.14. The molecule has 0 spiro atoms. The number of furan rings is 1. The maximum absolute atomic E-state index is 10.8. The van der Waals surface area contributed by atoms with Crippen molar-refractivity contribution in [3.8, 4) is 0 Å². The normalized spacial score (nSPS) is 10.6. The van der Waals surface area contributed by atoms with Crippen LogP contribution in [0.2, 0.25) is 0 Å². The molecule has 1 aromatic carbocycles. The second-order valence-electron chi connectivity index (χ2n) is 3.51. The zero-order valence-electron chi connectivity index (χ0n) is 8.77. The van der Waals surface area contributed by atoms with E-state index < -0.39 is 6.61 Å². The number of hydrogen-bond acceptors (Lipinski definition) is 3. The monoisotopic (exact) mass is 219 g/mol. The van der Waals surface area contributed by atoms with Gasteiger partial charge in [0, 0.05) is 18.4 Å². The number of fused-ring (bicyclic) bond motifs is 1. The van der Waals surface area contributed by atoms with Crippen LogP contribution in [-0.4, -0.2) is 24.2 Å². The number of carbonyl (C=O) groups is 1. The largest absolute Gasteiger partial charge is 0.461 e. The summed E-state index contributed by atoms with van der Waals surface area (Å²) in [6, 6.07) is 9.72. The van der Waals surface area contributed by atoms with Gasteiger partial charge in [-0.3, -0.25) is 4.79 Å². The number of amides is 1. The highest BCUT2D eigenvalue weighted by atomic mass is 16.3. The van der Waals surface area contributed by atoms with Gasteiger partial charge in [-0.1, -0.05) is 18.2 Å². The van der Waals surface area contributed by atoms with E-state index in [1.54, 1.807) is 0 Å². The number of benzene rings is 1. The van der Waals surface area contributed by atoms with Crippen molar-refractivity contribution in [1.82, 2.24) is 5.32 Å². The molecule has 2 N–H and O–H groups in total. The maximum Gasteiger partial charge on any atom is 0.245 e. The Kier molecular flexibility index (Phi) is 3.22. The molecular weight excluding hydrogens is 206 g/mol. The van der Waals surface area contributed by atoms with Gasteiger partial charge in [-0.25, -0.2) is 0 Å². The van der Waals surface area contributed by atoms with E-state index in [0.29, 0.717) is 13.0 Å². The molecule has 0 bridgehead atoms. The third-order valence-corrected chi connectivity index (χ3v) is 2.31. The molecule has 16 heavy (non-hydrogen) atoms. The lowest BCUT2D eigenvalue weighted by Gasteiger charge is -1.99. The Bertz CT molecular complexity index is 457. The first kappa shape index (κ1) is 10.7.